The molecule has 1 amide bonds. The number of hydrogen-bond acceptors (Lipinski definition) is 3. The van der Waals surface area contributed by atoms with E-state index in [1.54, 1.807) is 29.2 Å². The minimum atomic E-state index is -0.247. The van der Waals surface area contributed by atoms with Crippen LogP contribution in [0.4, 0.5) is 0 Å². The Bertz CT molecular complexity index is 626. The van der Waals surface area contributed by atoms with Gasteiger partial charge in [0.05, 0.1) is 5.39 Å². The van der Waals surface area contributed by atoms with Gasteiger partial charge < -0.3 is 9.32 Å². The zero-order valence-corrected chi connectivity index (χ0v) is 10.5. The van der Waals surface area contributed by atoms with Crippen LogP contribution >= 0.6 is 0 Å². The number of carbonyl (C=O) groups is 1. The highest BCUT2D eigenvalue weighted by molar-refractivity contribution is 5.93. The van der Waals surface area contributed by atoms with Gasteiger partial charge in [0.1, 0.15) is 5.58 Å². The Morgan fingerprint density at radius 1 is 1.22 bits per heavy atom. The molecule has 2 rings (SSSR count). The van der Waals surface area contributed by atoms with E-state index in [1.807, 2.05) is 13.8 Å². The van der Waals surface area contributed by atoms with Gasteiger partial charge in [-0.3, -0.25) is 9.59 Å². The number of rotatable bonds is 3. The summed E-state index contributed by atoms with van der Waals surface area (Å²) in [4.78, 5) is 25.6. The molecule has 18 heavy (non-hydrogen) atoms. The molecule has 94 valence electrons. The Morgan fingerprint density at radius 3 is 2.56 bits per heavy atom. The fourth-order valence-corrected chi connectivity index (χ4v) is 1.88. The van der Waals surface area contributed by atoms with E-state index in [4.69, 9.17) is 4.42 Å². The van der Waals surface area contributed by atoms with Crippen molar-refractivity contribution in [3.8, 4) is 0 Å². The van der Waals surface area contributed by atoms with Gasteiger partial charge in [-0.1, -0.05) is 12.1 Å². The lowest BCUT2D eigenvalue weighted by Gasteiger charge is -2.17. The number of fused-ring (bicyclic) bond motifs is 1. The fourth-order valence-electron chi connectivity index (χ4n) is 1.88. The van der Waals surface area contributed by atoms with Crippen molar-refractivity contribution in [3.05, 3.63) is 46.3 Å². The average Bonchev–Trinajstić information content (AvgIpc) is 2.40. The first-order chi connectivity index (χ1) is 8.67. The number of amides is 1. The summed E-state index contributed by atoms with van der Waals surface area (Å²) in [6.45, 7) is 4.96. The minimum Gasteiger partial charge on any atom is -0.451 e. The molecule has 0 unspecified atom stereocenters. The summed E-state index contributed by atoms with van der Waals surface area (Å²) in [6, 6.07) is 8.19. The third-order valence-corrected chi connectivity index (χ3v) is 2.90. The first-order valence-corrected chi connectivity index (χ1v) is 5.99. The molecule has 4 nitrogen and oxygen atoms in total. The minimum absolute atomic E-state index is 0.0994. The van der Waals surface area contributed by atoms with Gasteiger partial charge in [-0.15, -0.1) is 0 Å². The van der Waals surface area contributed by atoms with Crippen molar-refractivity contribution < 1.29 is 9.21 Å². The van der Waals surface area contributed by atoms with Gasteiger partial charge in [0, 0.05) is 19.2 Å². The summed E-state index contributed by atoms with van der Waals surface area (Å²) in [6.07, 6.45) is 0. The zero-order valence-electron chi connectivity index (χ0n) is 10.5. The van der Waals surface area contributed by atoms with Gasteiger partial charge in [-0.2, -0.15) is 0 Å². The number of carbonyl (C=O) groups excluding carboxylic acids is 1. The molecular formula is C14H15NO3. The van der Waals surface area contributed by atoms with Crippen LogP contribution in [0.1, 0.15) is 24.4 Å². The summed E-state index contributed by atoms with van der Waals surface area (Å²) < 4.78 is 5.50. The molecule has 0 atom stereocenters. The molecule has 0 bridgehead atoms. The van der Waals surface area contributed by atoms with Crippen molar-refractivity contribution in [3.63, 3.8) is 0 Å². The van der Waals surface area contributed by atoms with Crippen LogP contribution in [0, 0.1) is 0 Å². The normalized spacial score (nSPS) is 10.6. The van der Waals surface area contributed by atoms with Crippen molar-refractivity contribution in [1.29, 1.82) is 0 Å². The van der Waals surface area contributed by atoms with Crippen molar-refractivity contribution in [2.45, 2.75) is 13.8 Å². The lowest BCUT2D eigenvalue weighted by molar-refractivity contribution is 0.0741. The van der Waals surface area contributed by atoms with E-state index in [1.165, 1.54) is 6.07 Å². The molecule has 0 radical (unpaired) electrons. The molecular weight excluding hydrogens is 230 g/mol. The maximum atomic E-state index is 12.1. The molecule has 1 aromatic carbocycles. The van der Waals surface area contributed by atoms with Gasteiger partial charge in [-0.25, -0.2) is 0 Å². The van der Waals surface area contributed by atoms with E-state index in [9.17, 15) is 9.59 Å². The Labute approximate surface area is 105 Å². The molecule has 0 aliphatic heterocycles. The van der Waals surface area contributed by atoms with E-state index in [-0.39, 0.29) is 17.1 Å². The van der Waals surface area contributed by atoms with Crippen LogP contribution in [-0.2, 0) is 0 Å². The van der Waals surface area contributed by atoms with Crippen molar-refractivity contribution >= 4 is 16.9 Å². The van der Waals surface area contributed by atoms with Crippen LogP contribution in [0.3, 0.4) is 0 Å². The maximum Gasteiger partial charge on any atom is 0.289 e. The van der Waals surface area contributed by atoms with E-state index < -0.39 is 0 Å². The van der Waals surface area contributed by atoms with Crippen LogP contribution in [0.5, 0.6) is 0 Å². The lowest BCUT2D eigenvalue weighted by Crippen LogP contribution is -2.31. The van der Waals surface area contributed by atoms with Crippen molar-refractivity contribution in [1.82, 2.24) is 4.90 Å². The smallest absolute Gasteiger partial charge is 0.289 e. The second-order valence-electron chi connectivity index (χ2n) is 3.95. The largest absolute Gasteiger partial charge is 0.451 e. The summed E-state index contributed by atoms with van der Waals surface area (Å²) >= 11 is 0. The van der Waals surface area contributed by atoms with E-state index in [0.29, 0.717) is 24.1 Å². The third-order valence-electron chi connectivity index (χ3n) is 2.90. The number of benzene rings is 1. The Kier molecular flexibility index (Phi) is 3.46. The molecule has 0 N–H and O–H groups in total. The second kappa shape index (κ2) is 5.04. The zero-order chi connectivity index (χ0) is 13.1. The SMILES string of the molecule is CCN(CC)C(=O)c1cc(=O)c2ccccc2o1. The van der Waals surface area contributed by atoms with Gasteiger partial charge in [-0.05, 0) is 26.0 Å². The first-order valence-electron chi connectivity index (χ1n) is 5.99. The number of para-hydroxylation sites is 1. The number of nitrogens with zero attached hydrogens (tertiary/aromatic N) is 1. The van der Waals surface area contributed by atoms with Crippen LogP contribution in [-0.4, -0.2) is 23.9 Å². The quantitative estimate of drug-likeness (QED) is 0.833. The van der Waals surface area contributed by atoms with E-state index in [0.717, 1.165) is 0 Å². The first kappa shape index (κ1) is 12.4. The van der Waals surface area contributed by atoms with Gasteiger partial charge >= 0.3 is 0 Å². The molecule has 0 aliphatic carbocycles. The van der Waals surface area contributed by atoms with Gasteiger partial charge in [0.2, 0.25) is 0 Å². The fraction of sp³-hybridized carbons (Fsp3) is 0.286. The predicted molar refractivity (Wildman–Crippen MR) is 69.7 cm³/mol. The molecule has 0 aliphatic rings. The average molecular weight is 245 g/mol. The highest BCUT2D eigenvalue weighted by Gasteiger charge is 2.16. The molecule has 1 aromatic heterocycles. The van der Waals surface area contributed by atoms with Crippen molar-refractivity contribution in [2.75, 3.05) is 13.1 Å². The van der Waals surface area contributed by atoms with Crippen molar-refractivity contribution in [2.24, 2.45) is 0 Å². The summed E-state index contributed by atoms with van der Waals surface area (Å²) in [5, 5.41) is 0.494. The Morgan fingerprint density at radius 2 is 1.89 bits per heavy atom. The van der Waals surface area contributed by atoms with E-state index in [2.05, 4.69) is 0 Å². The maximum absolute atomic E-state index is 12.1. The standard InChI is InChI=1S/C14H15NO3/c1-3-15(4-2)14(17)13-9-11(16)10-7-5-6-8-12(10)18-13/h5-9H,3-4H2,1-2H3. The third kappa shape index (κ3) is 2.14. The highest BCUT2D eigenvalue weighted by Crippen LogP contribution is 2.13. The van der Waals surface area contributed by atoms with Crippen LogP contribution in [0.25, 0.3) is 11.0 Å². The molecule has 0 saturated heterocycles. The molecule has 0 spiro atoms. The second-order valence-corrected chi connectivity index (χ2v) is 3.95. The molecule has 0 saturated carbocycles. The highest BCUT2D eigenvalue weighted by atomic mass is 16.3. The van der Waals surface area contributed by atoms with Crippen LogP contribution in [0.2, 0.25) is 0 Å². The topological polar surface area (TPSA) is 50.5 Å². The number of hydrogen-bond donors (Lipinski definition) is 0. The summed E-state index contributed by atoms with van der Waals surface area (Å²) in [7, 11) is 0. The molecule has 2 aromatic rings. The van der Waals surface area contributed by atoms with Gasteiger partial charge in [0.25, 0.3) is 5.91 Å². The van der Waals surface area contributed by atoms with Gasteiger partial charge in [0.15, 0.2) is 11.2 Å². The Hall–Kier alpha value is -2.10. The van der Waals surface area contributed by atoms with Crippen LogP contribution in [0.15, 0.2) is 39.5 Å². The molecule has 1 heterocycles. The van der Waals surface area contributed by atoms with E-state index >= 15 is 0 Å². The summed E-state index contributed by atoms with van der Waals surface area (Å²) in [5.74, 6) is -0.148. The lowest BCUT2D eigenvalue weighted by atomic mass is 10.2. The van der Waals surface area contributed by atoms with Crippen LogP contribution < -0.4 is 5.43 Å². The Balaban J connectivity index is 2.53. The monoisotopic (exact) mass is 245 g/mol. The predicted octanol–water partition coefficient (Wildman–Crippen LogP) is 2.28. The molecule has 4 heteroatoms. The summed E-state index contributed by atoms with van der Waals surface area (Å²) in [5.41, 5.74) is 0.257. The molecule has 0 fully saturated rings.